The maximum Gasteiger partial charge on any atom is 0.356 e. The smallest absolute Gasteiger partial charge is 0.356 e. The molecule has 0 unspecified atom stereocenters. The van der Waals surface area contributed by atoms with Crippen LogP contribution in [0.25, 0.3) is 16.9 Å². The number of nitrogens with zero attached hydrogens (tertiary/aromatic N) is 2. The topological polar surface area (TPSA) is 64.4 Å². The third kappa shape index (κ3) is 2.14. The second-order valence-corrected chi connectivity index (χ2v) is 6.35. The second-order valence-electron chi connectivity index (χ2n) is 5.35. The first kappa shape index (κ1) is 14.0. The first-order chi connectivity index (χ1) is 11.2. The zero-order valence-electron chi connectivity index (χ0n) is 12.4. The van der Waals surface area contributed by atoms with Crippen molar-refractivity contribution in [3.8, 4) is 22.7 Å². The van der Waals surface area contributed by atoms with Crippen molar-refractivity contribution in [3.63, 3.8) is 0 Å². The lowest BCUT2D eigenvalue weighted by molar-refractivity contribution is 0.0689. The Morgan fingerprint density at radius 3 is 2.74 bits per heavy atom. The van der Waals surface area contributed by atoms with Crippen molar-refractivity contribution in [2.45, 2.75) is 12.8 Å². The lowest BCUT2D eigenvalue weighted by atomic mass is 9.94. The van der Waals surface area contributed by atoms with E-state index >= 15 is 0 Å². The molecular formula is C17H14N2O3S. The van der Waals surface area contributed by atoms with Crippen molar-refractivity contribution >= 4 is 17.3 Å². The van der Waals surface area contributed by atoms with Crippen molar-refractivity contribution in [1.82, 2.24) is 9.78 Å². The van der Waals surface area contributed by atoms with Crippen LogP contribution in [-0.2, 0) is 12.8 Å². The number of rotatable bonds is 3. The molecule has 0 bridgehead atoms. The first-order valence-electron chi connectivity index (χ1n) is 7.25. The second kappa shape index (κ2) is 5.24. The van der Waals surface area contributed by atoms with Crippen LogP contribution in [0.5, 0.6) is 5.75 Å². The van der Waals surface area contributed by atoms with E-state index in [2.05, 4.69) is 5.10 Å². The molecule has 1 aromatic carbocycles. The Kier molecular flexibility index (Phi) is 3.20. The third-order valence-corrected chi connectivity index (χ3v) is 5.09. The molecule has 5 nitrogen and oxygen atoms in total. The number of thiophene rings is 1. The quantitative estimate of drug-likeness (QED) is 0.801. The predicted octanol–water partition coefficient (Wildman–Crippen LogP) is 3.41. The highest BCUT2D eigenvalue weighted by Crippen LogP contribution is 2.39. The van der Waals surface area contributed by atoms with Gasteiger partial charge in [0.15, 0.2) is 5.69 Å². The highest BCUT2D eigenvalue weighted by molar-refractivity contribution is 7.10. The molecule has 23 heavy (non-hydrogen) atoms. The lowest BCUT2D eigenvalue weighted by Crippen LogP contribution is -2.06. The van der Waals surface area contributed by atoms with Gasteiger partial charge in [0, 0.05) is 16.0 Å². The van der Waals surface area contributed by atoms with Crippen LogP contribution in [-0.4, -0.2) is 28.0 Å². The van der Waals surface area contributed by atoms with E-state index in [1.165, 1.54) is 4.88 Å². The van der Waals surface area contributed by atoms with E-state index in [-0.39, 0.29) is 5.69 Å². The molecule has 0 amide bonds. The number of methoxy groups -OCH3 is 1. The van der Waals surface area contributed by atoms with E-state index in [1.807, 2.05) is 35.7 Å². The summed E-state index contributed by atoms with van der Waals surface area (Å²) in [5.41, 5.74) is 3.78. The van der Waals surface area contributed by atoms with Crippen molar-refractivity contribution in [2.75, 3.05) is 7.11 Å². The molecule has 116 valence electrons. The van der Waals surface area contributed by atoms with Crippen LogP contribution in [0.2, 0.25) is 0 Å². The number of ether oxygens (including phenoxy) is 1. The van der Waals surface area contributed by atoms with Gasteiger partial charge in [-0.2, -0.15) is 5.10 Å². The number of carboxylic acid groups (broad SMARTS) is 1. The molecule has 0 spiro atoms. The Hall–Kier alpha value is -2.60. The van der Waals surface area contributed by atoms with Crippen LogP contribution < -0.4 is 4.74 Å². The van der Waals surface area contributed by atoms with E-state index < -0.39 is 5.97 Å². The molecule has 0 saturated carbocycles. The minimum Gasteiger partial charge on any atom is -0.497 e. The van der Waals surface area contributed by atoms with E-state index in [9.17, 15) is 9.90 Å². The van der Waals surface area contributed by atoms with Gasteiger partial charge in [0.25, 0.3) is 0 Å². The Bertz CT molecular complexity index is 893. The van der Waals surface area contributed by atoms with Gasteiger partial charge in [0.1, 0.15) is 5.75 Å². The van der Waals surface area contributed by atoms with Gasteiger partial charge in [-0.3, -0.25) is 0 Å². The van der Waals surface area contributed by atoms with Crippen LogP contribution in [0.4, 0.5) is 0 Å². The molecule has 1 aliphatic rings. The number of carboxylic acids is 1. The van der Waals surface area contributed by atoms with E-state index in [4.69, 9.17) is 4.74 Å². The SMILES string of the molecule is COc1ccc(-n2nc(C(=O)O)c3c2-c2ccsc2CC3)cc1. The molecule has 4 rings (SSSR count). The number of aromatic nitrogens is 2. The van der Waals surface area contributed by atoms with E-state index in [0.717, 1.165) is 34.7 Å². The highest BCUT2D eigenvalue weighted by atomic mass is 32.1. The van der Waals surface area contributed by atoms with Gasteiger partial charge in [-0.15, -0.1) is 11.3 Å². The summed E-state index contributed by atoms with van der Waals surface area (Å²) >= 11 is 1.71. The molecule has 0 saturated heterocycles. The predicted molar refractivity (Wildman–Crippen MR) is 87.8 cm³/mol. The van der Waals surface area contributed by atoms with Gasteiger partial charge >= 0.3 is 5.97 Å². The van der Waals surface area contributed by atoms with Gasteiger partial charge in [0.2, 0.25) is 0 Å². The van der Waals surface area contributed by atoms with Crippen LogP contribution in [0.1, 0.15) is 20.9 Å². The average molecular weight is 326 g/mol. The zero-order chi connectivity index (χ0) is 16.0. The van der Waals surface area contributed by atoms with Crippen LogP contribution in [0.15, 0.2) is 35.7 Å². The summed E-state index contributed by atoms with van der Waals surface area (Å²) in [5, 5.41) is 15.9. The molecule has 0 radical (unpaired) electrons. The Balaban J connectivity index is 1.95. The Labute approximate surface area is 136 Å². The summed E-state index contributed by atoms with van der Waals surface area (Å²) in [4.78, 5) is 12.9. The maximum atomic E-state index is 11.6. The van der Waals surface area contributed by atoms with Gasteiger partial charge in [0.05, 0.1) is 18.5 Å². The summed E-state index contributed by atoms with van der Waals surface area (Å²) in [6.45, 7) is 0. The fourth-order valence-electron chi connectivity index (χ4n) is 3.03. The van der Waals surface area contributed by atoms with Crippen LogP contribution in [0, 0.1) is 0 Å². The third-order valence-electron chi connectivity index (χ3n) is 4.11. The molecular weight excluding hydrogens is 312 g/mol. The minimum absolute atomic E-state index is 0.146. The van der Waals surface area contributed by atoms with Crippen LogP contribution >= 0.6 is 11.3 Å². The van der Waals surface area contributed by atoms with Gasteiger partial charge in [-0.1, -0.05) is 0 Å². The zero-order valence-corrected chi connectivity index (χ0v) is 13.3. The van der Waals surface area contributed by atoms with Crippen molar-refractivity contribution in [3.05, 3.63) is 51.8 Å². The lowest BCUT2D eigenvalue weighted by Gasteiger charge is -2.15. The highest BCUT2D eigenvalue weighted by Gasteiger charge is 2.29. The van der Waals surface area contributed by atoms with E-state index in [1.54, 1.807) is 23.1 Å². The number of hydrogen-bond acceptors (Lipinski definition) is 4. The first-order valence-corrected chi connectivity index (χ1v) is 8.13. The number of benzene rings is 1. The number of hydrogen-bond donors (Lipinski definition) is 1. The number of carbonyl (C=O) groups is 1. The standard InChI is InChI=1S/C17H14N2O3S/c1-22-11-4-2-10(3-5-11)19-16-12-8-9-23-14(12)7-6-13(16)15(18-19)17(20)21/h2-5,8-9H,6-7H2,1H3,(H,20,21). The van der Waals surface area contributed by atoms with Gasteiger partial charge < -0.3 is 9.84 Å². The van der Waals surface area contributed by atoms with Crippen molar-refractivity contribution < 1.29 is 14.6 Å². The summed E-state index contributed by atoms with van der Waals surface area (Å²) in [5.74, 6) is -0.225. The average Bonchev–Trinajstić information content (AvgIpc) is 3.18. The molecule has 6 heteroatoms. The fourth-order valence-corrected chi connectivity index (χ4v) is 3.91. The van der Waals surface area contributed by atoms with Crippen molar-refractivity contribution in [1.29, 1.82) is 0 Å². The Morgan fingerprint density at radius 2 is 2.04 bits per heavy atom. The van der Waals surface area contributed by atoms with E-state index in [0.29, 0.717) is 6.42 Å². The maximum absolute atomic E-state index is 11.6. The summed E-state index contributed by atoms with van der Waals surface area (Å²) in [6, 6.07) is 9.52. The molecule has 1 N–H and O–H groups in total. The number of aryl methyl sites for hydroxylation is 1. The molecule has 0 atom stereocenters. The normalized spacial score (nSPS) is 12.6. The molecule has 2 heterocycles. The molecule has 3 aromatic rings. The van der Waals surface area contributed by atoms with Crippen LogP contribution in [0.3, 0.4) is 0 Å². The summed E-state index contributed by atoms with van der Waals surface area (Å²) in [7, 11) is 1.62. The molecule has 0 aliphatic heterocycles. The Morgan fingerprint density at radius 1 is 1.26 bits per heavy atom. The summed E-state index contributed by atoms with van der Waals surface area (Å²) in [6.07, 6.45) is 1.58. The van der Waals surface area contributed by atoms with Crippen molar-refractivity contribution in [2.24, 2.45) is 0 Å². The number of aromatic carboxylic acids is 1. The van der Waals surface area contributed by atoms with Gasteiger partial charge in [-0.25, -0.2) is 9.48 Å². The number of fused-ring (bicyclic) bond motifs is 3. The largest absolute Gasteiger partial charge is 0.497 e. The molecule has 0 fully saturated rings. The summed E-state index contributed by atoms with van der Waals surface area (Å²) < 4.78 is 6.92. The fraction of sp³-hybridized carbons (Fsp3) is 0.176. The molecule has 2 aromatic heterocycles. The molecule has 1 aliphatic carbocycles. The van der Waals surface area contributed by atoms with Gasteiger partial charge in [-0.05, 0) is 48.6 Å². The monoisotopic (exact) mass is 326 g/mol. The minimum atomic E-state index is -0.979.